The summed E-state index contributed by atoms with van der Waals surface area (Å²) >= 11 is 3.03. The SMILES string of the molecule is CC(=O)c1ccc(NC(=O)C(C)Sc2nc3ccccc3s2)cc1. The van der Waals surface area contributed by atoms with Crippen LogP contribution in [-0.4, -0.2) is 21.9 Å². The van der Waals surface area contributed by atoms with Gasteiger partial charge in [-0.15, -0.1) is 11.3 Å². The quantitative estimate of drug-likeness (QED) is 0.535. The fraction of sp³-hybridized carbons (Fsp3) is 0.167. The van der Waals surface area contributed by atoms with E-state index in [0.717, 1.165) is 14.6 Å². The number of hydrogen-bond donors (Lipinski definition) is 1. The molecule has 1 amide bonds. The Morgan fingerprint density at radius 2 is 1.83 bits per heavy atom. The summed E-state index contributed by atoms with van der Waals surface area (Å²) in [6, 6.07) is 14.8. The lowest BCUT2D eigenvalue weighted by atomic mass is 10.1. The first-order chi connectivity index (χ1) is 11.5. The highest BCUT2D eigenvalue weighted by Crippen LogP contribution is 2.32. The van der Waals surface area contributed by atoms with Crippen LogP contribution in [0.2, 0.25) is 0 Å². The number of thiazole rings is 1. The van der Waals surface area contributed by atoms with Gasteiger partial charge >= 0.3 is 0 Å². The van der Waals surface area contributed by atoms with Crippen LogP contribution in [0.15, 0.2) is 52.9 Å². The molecule has 0 aliphatic rings. The number of hydrogen-bond acceptors (Lipinski definition) is 5. The summed E-state index contributed by atoms with van der Waals surface area (Å²) in [4.78, 5) is 28.1. The van der Waals surface area contributed by atoms with Gasteiger partial charge in [0.15, 0.2) is 10.1 Å². The molecule has 122 valence electrons. The predicted octanol–water partition coefficient (Wildman–Crippen LogP) is 4.62. The number of thioether (sulfide) groups is 1. The van der Waals surface area contributed by atoms with Crippen LogP contribution in [0, 0.1) is 0 Å². The second kappa shape index (κ2) is 7.15. The number of amides is 1. The highest BCUT2D eigenvalue weighted by atomic mass is 32.2. The summed E-state index contributed by atoms with van der Waals surface area (Å²) in [6.07, 6.45) is 0. The van der Waals surface area contributed by atoms with Gasteiger partial charge in [0, 0.05) is 11.3 Å². The van der Waals surface area contributed by atoms with Crippen molar-refractivity contribution in [3.05, 3.63) is 54.1 Å². The van der Waals surface area contributed by atoms with Crippen molar-refractivity contribution in [3.8, 4) is 0 Å². The maximum atomic E-state index is 12.3. The Hall–Kier alpha value is -2.18. The molecule has 0 radical (unpaired) electrons. The number of nitrogens with one attached hydrogen (secondary N) is 1. The Balaban J connectivity index is 1.64. The lowest BCUT2D eigenvalue weighted by molar-refractivity contribution is -0.115. The average Bonchev–Trinajstić information content (AvgIpc) is 2.97. The zero-order valence-corrected chi connectivity index (χ0v) is 14.9. The van der Waals surface area contributed by atoms with Crippen LogP contribution in [0.1, 0.15) is 24.2 Å². The zero-order chi connectivity index (χ0) is 17.1. The van der Waals surface area contributed by atoms with Crippen molar-refractivity contribution < 1.29 is 9.59 Å². The number of rotatable bonds is 5. The summed E-state index contributed by atoms with van der Waals surface area (Å²) in [7, 11) is 0. The molecule has 0 saturated heterocycles. The van der Waals surface area contributed by atoms with E-state index in [-0.39, 0.29) is 16.9 Å². The van der Waals surface area contributed by atoms with E-state index in [2.05, 4.69) is 10.3 Å². The van der Waals surface area contributed by atoms with Crippen molar-refractivity contribution >= 4 is 50.7 Å². The third kappa shape index (κ3) is 3.83. The van der Waals surface area contributed by atoms with E-state index < -0.39 is 0 Å². The predicted molar refractivity (Wildman–Crippen MR) is 100 cm³/mol. The minimum absolute atomic E-state index is 0.00707. The van der Waals surface area contributed by atoms with Crippen molar-refractivity contribution in [2.75, 3.05) is 5.32 Å². The number of fused-ring (bicyclic) bond motifs is 1. The van der Waals surface area contributed by atoms with E-state index in [1.807, 2.05) is 31.2 Å². The minimum atomic E-state index is -0.266. The van der Waals surface area contributed by atoms with Gasteiger partial charge in [0.1, 0.15) is 0 Å². The fourth-order valence-electron chi connectivity index (χ4n) is 2.14. The molecule has 1 aromatic heterocycles. The van der Waals surface area contributed by atoms with Crippen LogP contribution in [0.3, 0.4) is 0 Å². The number of anilines is 1. The molecule has 1 N–H and O–H groups in total. The number of nitrogens with zero attached hydrogens (tertiary/aromatic N) is 1. The number of benzene rings is 2. The van der Waals surface area contributed by atoms with Gasteiger partial charge in [-0.2, -0.15) is 0 Å². The standard InChI is InChI=1S/C18H16N2O2S2/c1-11(21)13-7-9-14(10-8-13)19-17(22)12(2)23-18-20-15-5-3-4-6-16(15)24-18/h3-10,12H,1-2H3,(H,19,22). The number of aromatic nitrogens is 1. The summed E-state index contributed by atoms with van der Waals surface area (Å²) in [6.45, 7) is 3.38. The normalized spacial score (nSPS) is 12.1. The van der Waals surface area contributed by atoms with Gasteiger partial charge in [0.2, 0.25) is 5.91 Å². The summed E-state index contributed by atoms with van der Waals surface area (Å²) in [5, 5.41) is 2.60. The Bertz CT molecular complexity index is 854. The van der Waals surface area contributed by atoms with E-state index in [4.69, 9.17) is 0 Å². The summed E-state index contributed by atoms with van der Waals surface area (Å²) < 4.78 is 2.00. The number of para-hydroxylation sites is 1. The van der Waals surface area contributed by atoms with Gasteiger partial charge in [-0.25, -0.2) is 4.98 Å². The molecule has 0 spiro atoms. The Morgan fingerprint density at radius 3 is 2.50 bits per heavy atom. The molecule has 3 aromatic rings. The van der Waals surface area contributed by atoms with Crippen molar-refractivity contribution in [3.63, 3.8) is 0 Å². The molecule has 0 fully saturated rings. The first-order valence-electron chi connectivity index (χ1n) is 7.47. The molecular weight excluding hydrogens is 340 g/mol. The zero-order valence-electron chi connectivity index (χ0n) is 13.3. The molecule has 1 heterocycles. The lowest BCUT2D eigenvalue weighted by Gasteiger charge is -2.10. The van der Waals surface area contributed by atoms with Crippen molar-refractivity contribution in [1.29, 1.82) is 0 Å². The first-order valence-corrected chi connectivity index (χ1v) is 9.16. The van der Waals surface area contributed by atoms with E-state index in [0.29, 0.717) is 11.3 Å². The van der Waals surface area contributed by atoms with Gasteiger partial charge < -0.3 is 5.32 Å². The van der Waals surface area contributed by atoms with Gasteiger partial charge in [0.05, 0.1) is 15.5 Å². The number of ketones is 1. The second-order valence-corrected chi connectivity index (χ2v) is 7.95. The lowest BCUT2D eigenvalue weighted by Crippen LogP contribution is -2.22. The van der Waals surface area contributed by atoms with Crippen LogP contribution < -0.4 is 5.32 Å². The van der Waals surface area contributed by atoms with E-state index in [1.54, 1.807) is 35.6 Å². The van der Waals surface area contributed by atoms with Gasteiger partial charge in [-0.05, 0) is 50.2 Å². The molecule has 24 heavy (non-hydrogen) atoms. The molecular formula is C18H16N2O2S2. The molecule has 6 heteroatoms. The monoisotopic (exact) mass is 356 g/mol. The van der Waals surface area contributed by atoms with E-state index >= 15 is 0 Å². The number of carbonyl (C=O) groups excluding carboxylic acids is 2. The molecule has 0 saturated carbocycles. The highest BCUT2D eigenvalue weighted by Gasteiger charge is 2.17. The molecule has 3 rings (SSSR count). The Labute approximate surface area is 148 Å². The van der Waals surface area contributed by atoms with Crippen LogP contribution in [0.5, 0.6) is 0 Å². The molecule has 0 aliphatic carbocycles. The molecule has 2 aromatic carbocycles. The van der Waals surface area contributed by atoms with E-state index in [9.17, 15) is 9.59 Å². The number of Topliss-reactive ketones (excluding diaryl/α,β-unsaturated/α-hetero) is 1. The van der Waals surface area contributed by atoms with Crippen molar-refractivity contribution in [2.45, 2.75) is 23.4 Å². The van der Waals surface area contributed by atoms with Gasteiger partial charge in [-0.1, -0.05) is 23.9 Å². The smallest absolute Gasteiger partial charge is 0.237 e. The fourth-order valence-corrected chi connectivity index (χ4v) is 4.35. The third-order valence-corrected chi connectivity index (χ3v) is 5.71. The molecule has 1 atom stereocenters. The number of carbonyl (C=O) groups is 2. The maximum Gasteiger partial charge on any atom is 0.237 e. The Kier molecular flexibility index (Phi) is 4.97. The topological polar surface area (TPSA) is 59.1 Å². The minimum Gasteiger partial charge on any atom is -0.325 e. The largest absolute Gasteiger partial charge is 0.325 e. The van der Waals surface area contributed by atoms with Crippen LogP contribution in [-0.2, 0) is 4.79 Å². The maximum absolute atomic E-state index is 12.3. The van der Waals surface area contributed by atoms with E-state index in [1.165, 1.54) is 18.7 Å². The summed E-state index contributed by atoms with van der Waals surface area (Å²) in [5.41, 5.74) is 2.27. The van der Waals surface area contributed by atoms with Gasteiger partial charge in [0.25, 0.3) is 0 Å². The van der Waals surface area contributed by atoms with Crippen molar-refractivity contribution in [2.24, 2.45) is 0 Å². The van der Waals surface area contributed by atoms with Crippen LogP contribution in [0.4, 0.5) is 5.69 Å². The van der Waals surface area contributed by atoms with Crippen LogP contribution in [0.25, 0.3) is 10.2 Å². The molecule has 4 nitrogen and oxygen atoms in total. The third-order valence-electron chi connectivity index (χ3n) is 3.48. The first kappa shape index (κ1) is 16.7. The Morgan fingerprint density at radius 1 is 1.12 bits per heavy atom. The average molecular weight is 356 g/mol. The van der Waals surface area contributed by atoms with Crippen LogP contribution >= 0.6 is 23.1 Å². The second-order valence-electron chi connectivity index (χ2n) is 5.33. The summed E-state index contributed by atoms with van der Waals surface area (Å²) in [5.74, 6) is -0.0810. The molecule has 1 unspecified atom stereocenters. The highest BCUT2D eigenvalue weighted by molar-refractivity contribution is 8.02. The molecule has 0 aliphatic heterocycles. The molecule has 0 bridgehead atoms. The van der Waals surface area contributed by atoms with Gasteiger partial charge in [-0.3, -0.25) is 9.59 Å². The van der Waals surface area contributed by atoms with Crippen molar-refractivity contribution in [1.82, 2.24) is 4.98 Å².